The number of nitriles is 1. The van der Waals surface area contributed by atoms with Gasteiger partial charge in [0.2, 0.25) is 0 Å². The summed E-state index contributed by atoms with van der Waals surface area (Å²) in [7, 11) is 0. The van der Waals surface area contributed by atoms with Crippen LogP contribution in [-0.4, -0.2) is 12.4 Å². The van der Waals surface area contributed by atoms with E-state index in [0.29, 0.717) is 17.0 Å². The Balaban J connectivity index is 2.27. The second kappa shape index (κ2) is 6.69. The third kappa shape index (κ3) is 3.09. The number of carbonyl (C=O) groups is 1. The molecule has 20 heavy (non-hydrogen) atoms. The third-order valence-electron chi connectivity index (χ3n) is 2.76. The number of nitrogens with zero attached hydrogens (tertiary/aromatic N) is 1. The molecule has 1 aromatic heterocycles. The summed E-state index contributed by atoms with van der Waals surface area (Å²) in [5.74, 6) is -0.239. The number of halogens is 1. The fourth-order valence-corrected chi connectivity index (χ4v) is 3.35. The maximum Gasteiger partial charge on any atom is 0.195 e. The Labute approximate surface area is 129 Å². The van der Waals surface area contributed by atoms with E-state index in [2.05, 4.69) is 22.0 Å². The lowest BCUT2D eigenvalue weighted by Gasteiger charge is -2.09. The van der Waals surface area contributed by atoms with E-state index in [9.17, 15) is 10.1 Å². The first-order valence-corrected chi connectivity index (χ1v) is 7.74. The number of rotatable bonds is 5. The van der Waals surface area contributed by atoms with Crippen LogP contribution in [0.1, 0.15) is 28.1 Å². The smallest absolute Gasteiger partial charge is 0.195 e. The van der Waals surface area contributed by atoms with Gasteiger partial charge in [-0.25, -0.2) is 0 Å². The van der Waals surface area contributed by atoms with Gasteiger partial charge < -0.3 is 4.74 Å². The molecule has 3 nitrogen and oxygen atoms in total. The molecule has 102 valence electrons. The molecule has 0 N–H and O–H groups in total. The number of benzene rings is 1. The van der Waals surface area contributed by atoms with Crippen LogP contribution in [0.15, 0.2) is 40.2 Å². The molecule has 1 aromatic carbocycles. The van der Waals surface area contributed by atoms with Gasteiger partial charge in [0.1, 0.15) is 11.7 Å². The molecule has 0 saturated carbocycles. The Bertz CT molecular complexity index is 643. The van der Waals surface area contributed by atoms with E-state index < -0.39 is 5.92 Å². The van der Waals surface area contributed by atoms with Gasteiger partial charge in [-0.2, -0.15) is 5.26 Å². The topological polar surface area (TPSA) is 50.1 Å². The molecule has 1 heterocycles. The second-order valence-electron chi connectivity index (χ2n) is 4.03. The van der Waals surface area contributed by atoms with E-state index >= 15 is 0 Å². The Kier molecular flexibility index (Phi) is 4.94. The highest BCUT2D eigenvalue weighted by atomic mass is 79.9. The number of carbonyl (C=O) groups excluding carboxylic acids is 1. The first-order valence-electron chi connectivity index (χ1n) is 6.07. The summed E-state index contributed by atoms with van der Waals surface area (Å²) in [5.41, 5.74) is 0.682. The molecule has 1 atom stereocenters. The zero-order valence-corrected chi connectivity index (χ0v) is 13.2. The van der Waals surface area contributed by atoms with E-state index in [-0.39, 0.29) is 5.78 Å². The Morgan fingerprint density at radius 2 is 2.10 bits per heavy atom. The minimum atomic E-state index is -0.791. The predicted molar refractivity (Wildman–Crippen MR) is 82.3 cm³/mol. The average Bonchev–Trinajstić information content (AvgIpc) is 2.88. The molecule has 0 aliphatic heterocycles. The van der Waals surface area contributed by atoms with Gasteiger partial charge in [0.05, 0.1) is 17.6 Å². The van der Waals surface area contributed by atoms with Crippen molar-refractivity contribution in [1.82, 2.24) is 0 Å². The van der Waals surface area contributed by atoms with Crippen molar-refractivity contribution in [2.75, 3.05) is 6.61 Å². The standard InChI is InChI=1S/C15H12BrNO2S/c1-2-19-11-5-3-10(4-6-11)12(9-17)14(18)15-13(16)7-8-20-15/h3-8,12H,2H2,1H3. The quantitative estimate of drug-likeness (QED) is 0.751. The van der Waals surface area contributed by atoms with Crippen molar-refractivity contribution >= 4 is 33.0 Å². The molecule has 0 aliphatic carbocycles. The van der Waals surface area contributed by atoms with Crippen molar-refractivity contribution in [3.8, 4) is 11.8 Å². The highest BCUT2D eigenvalue weighted by Crippen LogP contribution is 2.29. The van der Waals surface area contributed by atoms with Crippen molar-refractivity contribution in [2.45, 2.75) is 12.8 Å². The van der Waals surface area contributed by atoms with Gasteiger partial charge >= 0.3 is 0 Å². The summed E-state index contributed by atoms with van der Waals surface area (Å²) >= 11 is 4.66. The third-order valence-corrected chi connectivity index (χ3v) is 4.61. The molecule has 1 unspecified atom stereocenters. The van der Waals surface area contributed by atoms with Crippen LogP contribution in [0.5, 0.6) is 5.75 Å². The number of thiophene rings is 1. The number of hydrogen-bond donors (Lipinski definition) is 0. The van der Waals surface area contributed by atoms with Gasteiger partial charge in [0.25, 0.3) is 0 Å². The molecular formula is C15H12BrNO2S. The molecule has 0 bridgehead atoms. The fraction of sp³-hybridized carbons (Fsp3) is 0.200. The first kappa shape index (κ1) is 14.8. The minimum absolute atomic E-state index is 0.182. The van der Waals surface area contributed by atoms with Crippen LogP contribution in [0, 0.1) is 11.3 Å². The summed E-state index contributed by atoms with van der Waals surface area (Å²) in [5, 5.41) is 11.1. The highest BCUT2D eigenvalue weighted by Gasteiger charge is 2.24. The minimum Gasteiger partial charge on any atom is -0.494 e. The van der Waals surface area contributed by atoms with Crippen molar-refractivity contribution in [3.05, 3.63) is 50.6 Å². The number of ketones is 1. The first-order chi connectivity index (χ1) is 9.67. The molecule has 0 fully saturated rings. The van der Waals surface area contributed by atoms with Gasteiger partial charge in [0.15, 0.2) is 5.78 Å². The van der Waals surface area contributed by atoms with Gasteiger partial charge in [0, 0.05) is 4.47 Å². The van der Waals surface area contributed by atoms with Crippen LogP contribution in [0.2, 0.25) is 0 Å². The largest absolute Gasteiger partial charge is 0.494 e. The SMILES string of the molecule is CCOc1ccc(C(C#N)C(=O)c2sccc2Br)cc1. The van der Waals surface area contributed by atoms with Crippen molar-refractivity contribution in [3.63, 3.8) is 0 Å². The van der Waals surface area contributed by atoms with E-state index in [4.69, 9.17) is 4.74 Å². The molecule has 0 spiro atoms. The van der Waals surface area contributed by atoms with E-state index in [1.54, 1.807) is 24.3 Å². The van der Waals surface area contributed by atoms with Crippen LogP contribution in [-0.2, 0) is 0 Å². The van der Waals surface area contributed by atoms with Gasteiger partial charge in [-0.05, 0) is 52.0 Å². The molecule has 2 aromatic rings. The molecular weight excluding hydrogens is 338 g/mol. The lowest BCUT2D eigenvalue weighted by Crippen LogP contribution is -2.10. The summed E-state index contributed by atoms with van der Waals surface area (Å²) in [4.78, 5) is 13.0. The van der Waals surface area contributed by atoms with E-state index in [0.717, 1.165) is 10.2 Å². The van der Waals surface area contributed by atoms with Crippen molar-refractivity contribution < 1.29 is 9.53 Å². The van der Waals surface area contributed by atoms with Crippen molar-refractivity contribution in [2.24, 2.45) is 0 Å². The zero-order chi connectivity index (χ0) is 14.5. The lowest BCUT2D eigenvalue weighted by molar-refractivity contribution is 0.0982. The summed E-state index contributed by atoms with van der Waals surface area (Å²) in [6, 6.07) is 11.0. The highest BCUT2D eigenvalue weighted by molar-refractivity contribution is 9.10. The van der Waals surface area contributed by atoms with Gasteiger partial charge in [-0.3, -0.25) is 4.79 Å². The molecule has 5 heteroatoms. The van der Waals surface area contributed by atoms with Gasteiger partial charge in [-0.15, -0.1) is 11.3 Å². The molecule has 0 radical (unpaired) electrons. The zero-order valence-electron chi connectivity index (χ0n) is 10.8. The monoisotopic (exact) mass is 349 g/mol. The predicted octanol–water partition coefficient (Wildman–Crippen LogP) is 4.40. The summed E-state index contributed by atoms with van der Waals surface area (Å²) in [6.07, 6.45) is 0. The van der Waals surface area contributed by atoms with Gasteiger partial charge in [-0.1, -0.05) is 12.1 Å². The van der Waals surface area contributed by atoms with Crippen LogP contribution < -0.4 is 4.74 Å². The Hall–Kier alpha value is -1.64. The molecule has 0 aliphatic rings. The molecule has 0 saturated heterocycles. The maximum atomic E-state index is 12.4. The van der Waals surface area contributed by atoms with Crippen LogP contribution in [0.4, 0.5) is 0 Å². The van der Waals surface area contributed by atoms with E-state index in [1.807, 2.05) is 18.4 Å². The second-order valence-corrected chi connectivity index (χ2v) is 5.80. The Morgan fingerprint density at radius 1 is 1.40 bits per heavy atom. The van der Waals surface area contributed by atoms with Crippen LogP contribution in [0.25, 0.3) is 0 Å². The summed E-state index contributed by atoms with van der Waals surface area (Å²) < 4.78 is 6.09. The number of hydrogen-bond acceptors (Lipinski definition) is 4. The van der Waals surface area contributed by atoms with E-state index in [1.165, 1.54) is 11.3 Å². The lowest BCUT2D eigenvalue weighted by atomic mass is 9.95. The van der Waals surface area contributed by atoms with Crippen molar-refractivity contribution in [1.29, 1.82) is 5.26 Å². The van der Waals surface area contributed by atoms with Crippen LogP contribution >= 0.6 is 27.3 Å². The molecule has 0 amide bonds. The fourth-order valence-electron chi connectivity index (χ4n) is 1.81. The van der Waals surface area contributed by atoms with Crippen LogP contribution in [0.3, 0.4) is 0 Å². The average molecular weight is 350 g/mol. The number of ether oxygens (including phenoxy) is 1. The molecule has 2 rings (SSSR count). The normalized spacial score (nSPS) is 11.7. The summed E-state index contributed by atoms with van der Waals surface area (Å²) in [6.45, 7) is 2.49. The maximum absolute atomic E-state index is 12.4. The number of Topliss-reactive ketones (excluding diaryl/α,β-unsaturated/α-hetero) is 1. The Morgan fingerprint density at radius 3 is 2.60 bits per heavy atom.